The maximum Gasteiger partial charge on any atom is 0.194 e. The number of ether oxygens (including phenoxy) is 2. The minimum atomic E-state index is -0.261. The number of aliphatic imine (C=N–C) groups is 1. The van der Waals surface area contributed by atoms with Gasteiger partial charge in [0.2, 0.25) is 0 Å². The first-order valence-corrected chi connectivity index (χ1v) is 9.19. The smallest absolute Gasteiger partial charge is 0.194 e. The van der Waals surface area contributed by atoms with Gasteiger partial charge in [-0.25, -0.2) is 9.38 Å². The molecular weight excluding hydrogens is 448 g/mol. The lowest BCUT2D eigenvalue weighted by Crippen LogP contribution is -2.47. The Morgan fingerprint density at radius 1 is 1.27 bits per heavy atom. The first-order valence-electron chi connectivity index (χ1n) is 9.19. The maximum absolute atomic E-state index is 12.9. The highest BCUT2D eigenvalue weighted by Crippen LogP contribution is 2.15. The number of nitrogens with zero attached hydrogens (tertiary/aromatic N) is 2. The van der Waals surface area contributed by atoms with E-state index >= 15 is 0 Å². The van der Waals surface area contributed by atoms with Crippen LogP contribution in [0.2, 0.25) is 0 Å². The van der Waals surface area contributed by atoms with Crippen LogP contribution in [0, 0.1) is 5.82 Å². The largest absolute Gasteiger partial charge is 0.489 e. The minimum absolute atomic E-state index is 0. The van der Waals surface area contributed by atoms with E-state index in [0.717, 1.165) is 45.0 Å². The van der Waals surface area contributed by atoms with Crippen molar-refractivity contribution < 1.29 is 13.9 Å². The molecule has 0 radical (unpaired) electrons. The van der Waals surface area contributed by atoms with Crippen LogP contribution in [0.4, 0.5) is 4.39 Å². The van der Waals surface area contributed by atoms with E-state index in [4.69, 9.17) is 14.5 Å². The topological polar surface area (TPSA) is 46.1 Å². The summed E-state index contributed by atoms with van der Waals surface area (Å²) in [6.07, 6.45) is 2.34. The van der Waals surface area contributed by atoms with Gasteiger partial charge in [-0.2, -0.15) is 0 Å². The number of hydrogen-bond donors (Lipinski definition) is 1. The average molecular weight is 479 g/mol. The number of likely N-dealkylation sites (tertiary alicyclic amines) is 1. The van der Waals surface area contributed by atoms with Crippen molar-refractivity contribution in [2.75, 3.05) is 32.8 Å². The van der Waals surface area contributed by atoms with Crippen LogP contribution in [-0.2, 0) is 4.74 Å². The quantitative estimate of drug-likeness (QED) is 0.368. The van der Waals surface area contributed by atoms with Crippen molar-refractivity contribution in [3.8, 4) is 5.75 Å². The van der Waals surface area contributed by atoms with E-state index in [-0.39, 0.29) is 35.9 Å². The average Bonchev–Trinajstić information content (AvgIpc) is 2.62. The zero-order chi connectivity index (χ0) is 18.1. The predicted molar refractivity (Wildman–Crippen MR) is 114 cm³/mol. The number of hydrogen-bond acceptors (Lipinski definition) is 3. The van der Waals surface area contributed by atoms with Gasteiger partial charge in [-0.3, -0.25) is 0 Å². The number of benzene rings is 1. The summed E-state index contributed by atoms with van der Waals surface area (Å²) < 4.78 is 24.4. The van der Waals surface area contributed by atoms with Crippen LogP contribution in [0.15, 0.2) is 29.3 Å². The third-order valence-corrected chi connectivity index (χ3v) is 4.13. The molecule has 148 valence electrons. The molecule has 2 rings (SSSR count). The van der Waals surface area contributed by atoms with E-state index in [1.54, 1.807) is 12.1 Å². The summed E-state index contributed by atoms with van der Waals surface area (Å²) in [5.41, 5.74) is 0. The molecule has 5 nitrogen and oxygen atoms in total. The van der Waals surface area contributed by atoms with E-state index < -0.39 is 0 Å². The fourth-order valence-electron chi connectivity index (χ4n) is 2.89. The van der Waals surface area contributed by atoms with Gasteiger partial charge < -0.3 is 19.7 Å². The van der Waals surface area contributed by atoms with E-state index in [9.17, 15) is 4.39 Å². The Morgan fingerprint density at radius 3 is 2.50 bits per heavy atom. The lowest BCUT2D eigenvalue weighted by atomic mass is 10.1. The lowest BCUT2D eigenvalue weighted by Gasteiger charge is -2.34. The van der Waals surface area contributed by atoms with Crippen LogP contribution < -0.4 is 10.1 Å². The van der Waals surface area contributed by atoms with E-state index in [0.29, 0.717) is 18.4 Å². The molecule has 1 saturated heterocycles. The van der Waals surface area contributed by atoms with E-state index in [2.05, 4.69) is 17.1 Å². The Hall–Kier alpha value is -1.09. The highest BCUT2D eigenvalue weighted by Gasteiger charge is 2.21. The van der Waals surface area contributed by atoms with Gasteiger partial charge in [0.25, 0.3) is 0 Å². The molecule has 26 heavy (non-hydrogen) atoms. The monoisotopic (exact) mass is 479 g/mol. The van der Waals surface area contributed by atoms with Gasteiger partial charge in [-0.05, 0) is 57.9 Å². The Bertz CT molecular complexity index is 534. The molecule has 0 aliphatic carbocycles. The van der Waals surface area contributed by atoms with Crippen LogP contribution in [0.5, 0.6) is 5.75 Å². The highest BCUT2D eigenvalue weighted by molar-refractivity contribution is 14.0. The number of piperidine rings is 1. The van der Waals surface area contributed by atoms with E-state index in [1.165, 1.54) is 12.1 Å². The third-order valence-electron chi connectivity index (χ3n) is 4.13. The molecule has 1 aliphatic heterocycles. The molecule has 1 N–H and O–H groups in total. The molecule has 1 aliphatic rings. The van der Waals surface area contributed by atoms with Crippen LogP contribution in [0.1, 0.15) is 33.6 Å². The molecule has 0 saturated carbocycles. The third kappa shape index (κ3) is 7.65. The number of halogens is 2. The Labute approximate surface area is 173 Å². The molecule has 0 aromatic heterocycles. The zero-order valence-corrected chi connectivity index (χ0v) is 18.2. The fraction of sp³-hybridized carbons (Fsp3) is 0.632. The highest BCUT2D eigenvalue weighted by atomic mass is 127. The summed E-state index contributed by atoms with van der Waals surface area (Å²) in [4.78, 5) is 6.99. The van der Waals surface area contributed by atoms with Crippen molar-refractivity contribution in [1.29, 1.82) is 0 Å². The van der Waals surface area contributed by atoms with Crippen LogP contribution in [-0.4, -0.2) is 55.9 Å². The van der Waals surface area contributed by atoms with Crippen molar-refractivity contribution in [1.82, 2.24) is 10.2 Å². The second kappa shape index (κ2) is 12.3. The molecule has 1 heterocycles. The number of guanidine groups is 1. The summed E-state index contributed by atoms with van der Waals surface area (Å²) in [6, 6.07) is 6.08. The van der Waals surface area contributed by atoms with Gasteiger partial charge in [0.1, 0.15) is 17.7 Å². The molecule has 1 fully saturated rings. The fourth-order valence-corrected chi connectivity index (χ4v) is 2.89. The number of rotatable bonds is 7. The first-order chi connectivity index (χ1) is 12.1. The second-order valence-electron chi connectivity index (χ2n) is 6.22. The van der Waals surface area contributed by atoms with Crippen molar-refractivity contribution in [3.05, 3.63) is 30.1 Å². The standard InChI is InChI=1S/C19H30FN3O2.HI/c1-4-21-19(23-12-10-17(11-13-23)24-5-2)22-14-15(3)25-18-8-6-16(20)7-9-18;/h6-9,15,17H,4-5,10-14H2,1-3H3,(H,21,22);1H. The lowest BCUT2D eigenvalue weighted by molar-refractivity contribution is 0.0263. The molecule has 1 unspecified atom stereocenters. The predicted octanol–water partition coefficient (Wildman–Crippen LogP) is 3.68. The first kappa shape index (κ1) is 23.0. The van der Waals surface area contributed by atoms with Crippen LogP contribution >= 0.6 is 24.0 Å². The van der Waals surface area contributed by atoms with Gasteiger partial charge in [0, 0.05) is 26.2 Å². The minimum Gasteiger partial charge on any atom is -0.489 e. The summed E-state index contributed by atoms with van der Waals surface area (Å²) in [5.74, 6) is 1.32. The van der Waals surface area contributed by atoms with Crippen LogP contribution in [0.3, 0.4) is 0 Å². The van der Waals surface area contributed by atoms with Crippen molar-refractivity contribution in [3.63, 3.8) is 0 Å². The molecule has 1 atom stereocenters. The summed E-state index contributed by atoms with van der Waals surface area (Å²) in [5, 5.41) is 3.36. The van der Waals surface area contributed by atoms with Gasteiger partial charge in [-0.1, -0.05) is 0 Å². The van der Waals surface area contributed by atoms with E-state index in [1.807, 2.05) is 13.8 Å². The SMILES string of the molecule is CCNC(=NCC(C)Oc1ccc(F)cc1)N1CCC(OCC)CC1.I. The normalized spacial score (nSPS) is 16.8. The zero-order valence-electron chi connectivity index (χ0n) is 15.9. The number of nitrogens with one attached hydrogen (secondary N) is 1. The van der Waals surface area contributed by atoms with Gasteiger partial charge in [-0.15, -0.1) is 24.0 Å². The van der Waals surface area contributed by atoms with Crippen molar-refractivity contribution in [2.45, 2.75) is 45.8 Å². The molecule has 1 aromatic rings. The Balaban J connectivity index is 0.00000338. The molecule has 0 spiro atoms. The summed E-state index contributed by atoms with van der Waals surface area (Å²) in [6.45, 7) is 10.1. The molecule has 0 bridgehead atoms. The van der Waals surface area contributed by atoms with Gasteiger partial charge in [0.15, 0.2) is 5.96 Å². The Morgan fingerprint density at radius 2 is 1.92 bits per heavy atom. The maximum atomic E-state index is 12.9. The molecule has 0 amide bonds. The second-order valence-corrected chi connectivity index (χ2v) is 6.22. The molecular formula is C19H31FIN3O2. The van der Waals surface area contributed by atoms with Gasteiger partial charge >= 0.3 is 0 Å². The van der Waals surface area contributed by atoms with Gasteiger partial charge in [0.05, 0.1) is 12.6 Å². The summed E-state index contributed by atoms with van der Waals surface area (Å²) in [7, 11) is 0. The van der Waals surface area contributed by atoms with Crippen molar-refractivity contribution >= 4 is 29.9 Å². The van der Waals surface area contributed by atoms with Crippen LogP contribution in [0.25, 0.3) is 0 Å². The molecule has 7 heteroatoms. The Kier molecular flexibility index (Phi) is 10.9. The molecule has 1 aromatic carbocycles. The van der Waals surface area contributed by atoms with Crippen molar-refractivity contribution in [2.24, 2.45) is 4.99 Å². The summed E-state index contributed by atoms with van der Waals surface area (Å²) >= 11 is 0.